The van der Waals surface area contributed by atoms with Crippen molar-refractivity contribution in [1.29, 1.82) is 0 Å². The first-order valence-electron chi connectivity index (χ1n) is 4.11. The van der Waals surface area contributed by atoms with Gasteiger partial charge < -0.3 is 0 Å². The van der Waals surface area contributed by atoms with Gasteiger partial charge in [0.15, 0.2) is 0 Å². The van der Waals surface area contributed by atoms with Crippen molar-refractivity contribution in [3.63, 3.8) is 0 Å². The lowest BCUT2D eigenvalue weighted by Crippen LogP contribution is -2.31. The molecule has 0 saturated carbocycles. The van der Waals surface area contributed by atoms with Crippen LogP contribution in [0.2, 0.25) is 0 Å². The first-order valence-corrected chi connectivity index (χ1v) is 4.11. The molecule has 0 aliphatic heterocycles. The monoisotopic (exact) mass is 201 g/mol. The van der Waals surface area contributed by atoms with E-state index in [9.17, 15) is 13.2 Å². The normalized spacial score (nSPS) is 12.2. The number of nitrogens with one attached hydrogen (secondary N) is 1. The molecule has 1 aromatic carbocycles. The van der Waals surface area contributed by atoms with Crippen LogP contribution in [0.15, 0.2) is 36.4 Å². The van der Waals surface area contributed by atoms with Gasteiger partial charge in [0, 0.05) is 6.54 Å². The Bertz CT molecular complexity index is 290. The van der Waals surface area contributed by atoms with Crippen LogP contribution in [0.1, 0.15) is 5.56 Å². The molecule has 1 aromatic rings. The Balaban J connectivity index is 2.35. The molecule has 1 N–H and O–H groups in total. The number of benzene rings is 1. The van der Waals surface area contributed by atoms with E-state index in [0.717, 1.165) is 5.56 Å². The van der Waals surface area contributed by atoms with Crippen LogP contribution in [-0.4, -0.2) is 12.8 Å². The van der Waals surface area contributed by atoms with Crippen molar-refractivity contribution in [1.82, 2.24) is 5.32 Å². The van der Waals surface area contributed by atoms with Gasteiger partial charge in [0.2, 0.25) is 0 Å². The summed E-state index contributed by atoms with van der Waals surface area (Å²) in [5.74, 6) is 0. The Morgan fingerprint density at radius 3 is 2.36 bits per heavy atom. The van der Waals surface area contributed by atoms with E-state index in [2.05, 4.69) is 0 Å². The Labute approximate surface area is 80.2 Å². The van der Waals surface area contributed by atoms with E-state index in [-0.39, 0.29) is 6.54 Å². The molecule has 76 valence electrons. The van der Waals surface area contributed by atoms with Crippen molar-refractivity contribution >= 4 is 6.08 Å². The number of rotatable bonds is 3. The van der Waals surface area contributed by atoms with Gasteiger partial charge in [-0.2, -0.15) is 13.2 Å². The zero-order valence-electron chi connectivity index (χ0n) is 7.38. The molecule has 0 bridgehead atoms. The number of alkyl halides is 3. The summed E-state index contributed by atoms with van der Waals surface area (Å²) in [6.45, 7) is -0.210. The zero-order chi connectivity index (χ0) is 10.4. The summed E-state index contributed by atoms with van der Waals surface area (Å²) in [5, 5.41) is 1.41. The molecule has 0 aliphatic rings. The fourth-order valence-electron chi connectivity index (χ4n) is 0.934. The van der Waals surface area contributed by atoms with Crippen LogP contribution in [0.3, 0.4) is 0 Å². The third-order valence-corrected chi connectivity index (χ3v) is 1.53. The fourth-order valence-corrected chi connectivity index (χ4v) is 0.934. The highest BCUT2D eigenvalue weighted by Gasteiger charge is 2.24. The molecule has 1 rings (SSSR count). The molecule has 0 aliphatic carbocycles. The van der Waals surface area contributed by atoms with Crippen molar-refractivity contribution in [3.05, 3.63) is 42.0 Å². The van der Waals surface area contributed by atoms with Crippen LogP contribution in [0.25, 0.3) is 6.08 Å². The van der Waals surface area contributed by atoms with E-state index >= 15 is 0 Å². The second-order valence-electron chi connectivity index (χ2n) is 2.69. The molecule has 14 heavy (non-hydrogen) atoms. The third kappa shape index (κ3) is 4.67. The minimum atomic E-state index is -4.30. The van der Waals surface area contributed by atoms with Gasteiger partial charge >= 0.3 is 6.30 Å². The molecule has 0 amide bonds. The largest absolute Gasteiger partial charge is 0.457 e. The van der Waals surface area contributed by atoms with Gasteiger partial charge in [-0.1, -0.05) is 42.5 Å². The highest BCUT2D eigenvalue weighted by Crippen LogP contribution is 2.08. The predicted molar refractivity (Wildman–Crippen MR) is 49.5 cm³/mol. The molecule has 0 radical (unpaired) electrons. The number of halogens is 3. The molecule has 0 unspecified atom stereocenters. The maximum Gasteiger partial charge on any atom is 0.457 e. The summed E-state index contributed by atoms with van der Waals surface area (Å²) in [5.41, 5.74) is 0.886. The third-order valence-electron chi connectivity index (χ3n) is 1.53. The van der Waals surface area contributed by atoms with Crippen LogP contribution < -0.4 is 5.32 Å². The highest BCUT2D eigenvalue weighted by molar-refractivity contribution is 5.48. The molecule has 0 saturated heterocycles. The summed E-state index contributed by atoms with van der Waals surface area (Å²) in [6.07, 6.45) is -1.23. The van der Waals surface area contributed by atoms with Crippen LogP contribution in [0, 0.1) is 0 Å². The topological polar surface area (TPSA) is 12.0 Å². The smallest absolute Gasteiger partial charge is 0.224 e. The van der Waals surface area contributed by atoms with E-state index in [1.165, 1.54) is 11.4 Å². The van der Waals surface area contributed by atoms with Crippen molar-refractivity contribution in [2.45, 2.75) is 6.30 Å². The SMILES string of the molecule is FC(F)(F)NCC=Cc1ccccc1. The summed E-state index contributed by atoms with van der Waals surface area (Å²) < 4.78 is 34.9. The van der Waals surface area contributed by atoms with Gasteiger partial charge in [0.25, 0.3) is 0 Å². The summed E-state index contributed by atoms with van der Waals surface area (Å²) in [6, 6.07) is 9.16. The van der Waals surface area contributed by atoms with Crippen LogP contribution in [0.4, 0.5) is 13.2 Å². The van der Waals surface area contributed by atoms with Crippen LogP contribution in [0.5, 0.6) is 0 Å². The molecule has 1 nitrogen and oxygen atoms in total. The lowest BCUT2D eigenvalue weighted by molar-refractivity contribution is -0.154. The van der Waals surface area contributed by atoms with Crippen molar-refractivity contribution in [2.24, 2.45) is 0 Å². The maximum atomic E-state index is 11.6. The first-order chi connectivity index (χ1) is 6.58. The Morgan fingerprint density at radius 2 is 1.79 bits per heavy atom. The molecule has 4 heteroatoms. The Hall–Kier alpha value is -1.29. The van der Waals surface area contributed by atoms with E-state index in [4.69, 9.17) is 0 Å². The molecule has 0 atom stereocenters. The lowest BCUT2D eigenvalue weighted by atomic mass is 10.2. The fraction of sp³-hybridized carbons (Fsp3) is 0.200. The summed E-state index contributed by atoms with van der Waals surface area (Å²) in [4.78, 5) is 0. The van der Waals surface area contributed by atoms with E-state index in [1.54, 1.807) is 6.08 Å². The molecule has 0 aromatic heterocycles. The van der Waals surface area contributed by atoms with E-state index in [1.807, 2.05) is 30.3 Å². The van der Waals surface area contributed by atoms with Gasteiger partial charge in [-0.3, -0.25) is 0 Å². The summed E-state index contributed by atoms with van der Waals surface area (Å²) in [7, 11) is 0. The molecule has 0 heterocycles. The van der Waals surface area contributed by atoms with Crippen LogP contribution in [-0.2, 0) is 0 Å². The number of hydrogen-bond acceptors (Lipinski definition) is 1. The average Bonchev–Trinajstić information content (AvgIpc) is 2.13. The van der Waals surface area contributed by atoms with Crippen molar-refractivity contribution in [3.8, 4) is 0 Å². The van der Waals surface area contributed by atoms with Gasteiger partial charge in [-0.25, -0.2) is 5.32 Å². The van der Waals surface area contributed by atoms with Crippen molar-refractivity contribution in [2.75, 3.05) is 6.54 Å². The second kappa shape index (κ2) is 4.81. The molecule has 0 spiro atoms. The first kappa shape index (κ1) is 10.8. The summed E-state index contributed by atoms with van der Waals surface area (Å²) >= 11 is 0. The van der Waals surface area contributed by atoms with Gasteiger partial charge in [0.1, 0.15) is 0 Å². The molecular formula is C10H10F3N. The predicted octanol–water partition coefficient (Wildman–Crippen LogP) is 2.81. The standard InChI is InChI=1S/C10H10F3N/c11-10(12,13)14-8-4-7-9-5-2-1-3-6-9/h1-7,14H,8H2. The Kier molecular flexibility index (Phi) is 3.71. The van der Waals surface area contributed by atoms with Crippen molar-refractivity contribution < 1.29 is 13.2 Å². The molecular weight excluding hydrogens is 191 g/mol. The minimum absolute atomic E-state index is 0.210. The Morgan fingerprint density at radius 1 is 1.14 bits per heavy atom. The molecule has 0 fully saturated rings. The lowest BCUT2D eigenvalue weighted by Gasteiger charge is -2.04. The maximum absolute atomic E-state index is 11.6. The van der Waals surface area contributed by atoms with E-state index in [0.29, 0.717) is 0 Å². The average molecular weight is 201 g/mol. The van der Waals surface area contributed by atoms with E-state index < -0.39 is 6.30 Å². The van der Waals surface area contributed by atoms with Crippen LogP contribution >= 0.6 is 0 Å². The van der Waals surface area contributed by atoms with Gasteiger partial charge in [0.05, 0.1) is 0 Å². The van der Waals surface area contributed by atoms with Gasteiger partial charge in [-0.05, 0) is 5.56 Å². The minimum Gasteiger partial charge on any atom is -0.224 e. The zero-order valence-corrected chi connectivity index (χ0v) is 7.38. The van der Waals surface area contributed by atoms with Gasteiger partial charge in [-0.15, -0.1) is 0 Å². The second-order valence-corrected chi connectivity index (χ2v) is 2.69. The quantitative estimate of drug-likeness (QED) is 0.741. The highest BCUT2D eigenvalue weighted by atomic mass is 19.4. The number of hydrogen-bond donors (Lipinski definition) is 1.